The number of anilines is 1. The van der Waals surface area contributed by atoms with Crippen LogP contribution in [0.5, 0.6) is 0 Å². The fourth-order valence-corrected chi connectivity index (χ4v) is 3.11. The van der Waals surface area contributed by atoms with E-state index in [0.29, 0.717) is 0 Å². The van der Waals surface area contributed by atoms with Gasteiger partial charge in [-0.25, -0.2) is 0 Å². The minimum Gasteiger partial charge on any atom is -0.374 e. The van der Waals surface area contributed by atoms with Gasteiger partial charge >= 0.3 is 0 Å². The number of nitrogens with one attached hydrogen (secondary N) is 1. The summed E-state index contributed by atoms with van der Waals surface area (Å²) in [5.41, 5.74) is 4.29. The summed E-state index contributed by atoms with van der Waals surface area (Å²) in [6.07, 6.45) is 1.93. The van der Waals surface area contributed by atoms with Crippen LogP contribution >= 0.6 is 12.4 Å². The van der Waals surface area contributed by atoms with Gasteiger partial charge in [0.1, 0.15) is 0 Å². The second kappa shape index (κ2) is 6.08. The van der Waals surface area contributed by atoms with Gasteiger partial charge < -0.3 is 14.8 Å². The molecule has 0 aliphatic carbocycles. The van der Waals surface area contributed by atoms with E-state index in [0.717, 1.165) is 48.1 Å². The molecular formula is C16H22ClN3O. The molecule has 0 amide bonds. The molecule has 0 saturated carbocycles. The highest BCUT2D eigenvalue weighted by molar-refractivity contribution is 5.93. The van der Waals surface area contributed by atoms with Gasteiger partial charge in [-0.15, -0.1) is 12.4 Å². The lowest BCUT2D eigenvalue weighted by atomic mass is 9.99. The summed E-state index contributed by atoms with van der Waals surface area (Å²) in [5, 5.41) is 1.16. The van der Waals surface area contributed by atoms with E-state index in [9.17, 15) is 4.79 Å². The number of fused-ring (bicyclic) bond motifs is 3. The number of pyridine rings is 1. The molecule has 0 fully saturated rings. The average Bonchev–Trinajstić information content (AvgIpc) is 2.38. The van der Waals surface area contributed by atoms with Crippen LogP contribution < -0.4 is 10.5 Å². The number of hydrogen-bond donors (Lipinski definition) is 1. The van der Waals surface area contributed by atoms with Crippen molar-refractivity contribution in [3.8, 4) is 0 Å². The number of hydrogen-bond acceptors (Lipinski definition) is 3. The van der Waals surface area contributed by atoms with Crippen LogP contribution in [0.25, 0.3) is 10.9 Å². The lowest BCUT2D eigenvalue weighted by Gasteiger charge is -2.28. The number of benzene rings is 1. The minimum absolute atomic E-state index is 0. The molecule has 3 rings (SSSR count). The number of halogens is 1. The van der Waals surface area contributed by atoms with Crippen LogP contribution in [0, 0.1) is 0 Å². The van der Waals surface area contributed by atoms with Gasteiger partial charge in [0.15, 0.2) is 0 Å². The largest absolute Gasteiger partial charge is 0.374 e. The molecule has 2 aromatic rings. The van der Waals surface area contributed by atoms with Crippen molar-refractivity contribution in [3.63, 3.8) is 0 Å². The van der Waals surface area contributed by atoms with Crippen molar-refractivity contribution in [2.24, 2.45) is 0 Å². The first-order valence-corrected chi connectivity index (χ1v) is 7.10. The Hall–Kier alpha value is -1.52. The number of aromatic amines is 1. The summed E-state index contributed by atoms with van der Waals surface area (Å²) in [6, 6.07) is 6.40. The van der Waals surface area contributed by atoms with Crippen LogP contribution in [0.15, 0.2) is 23.0 Å². The van der Waals surface area contributed by atoms with Gasteiger partial charge in [0.2, 0.25) is 0 Å². The molecule has 1 aromatic heterocycles. The lowest BCUT2D eigenvalue weighted by molar-refractivity contribution is 0.402. The van der Waals surface area contributed by atoms with Crippen LogP contribution in [0.3, 0.4) is 0 Å². The zero-order valence-corrected chi connectivity index (χ0v) is 13.6. The topological polar surface area (TPSA) is 39.3 Å². The Kier molecular flexibility index (Phi) is 4.59. The first kappa shape index (κ1) is 15.9. The molecule has 4 nitrogen and oxygen atoms in total. The maximum Gasteiger partial charge on any atom is 0.253 e. The molecule has 0 radical (unpaired) electrons. The molecule has 1 aliphatic rings. The third-order valence-corrected chi connectivity index (χ3v) is 3.95. The second-order valence-corrected chi connectivity index (χ2v) is 5.92. The van der Waals surface area contributed by atoms with Crippen molar-refractivity contribution in [2.45, 2.75) is 19.4 Å². The highest BCUT2D eigenvalue weighted by atomic mass is 35.5. The van der Waals surface area contributed by atoms with E-state index < -0.39 is 0 Å². The third-order valence-electron chi connectivity index (χ3n) is 3.95. The van der Waals surface area contributed by atoms with Crippen molar-refractivity contribution in [3.05, 3.63) is 39.7 Å². The molecule has 0 saturated heterocycles. The lowest BCUT2D eigenvalue weighted by Crippen LogP contribution is -2.30. The van der Waals surface area contributed by atoms with E-state index in [1.54, 1.807) is 0 Å². The van der Waals surface area contributed by atoms with Crippen LogP contribution in [0.1, 0.15) is 17.5 Å². The maximum absolute atomic E-state index is 12.3. The molecule has 1 N–H and O–H groups in total. The van der Waals surface area contributed by atoms with E-state index in [-0.39, 0.29) is 18.0 Å². The Bertz CT molecular complexity index is 708. The Balaban J connectivity index is 0.00000161. The summed E-state index contributed by atoms with van der Waals surface area (Å²) < 4.78 is 0. The van der Waals surface area contributed by atoms with Crippen molar-refractivity contribution in [2.75, 3.05) is 32.6 Å². The van der Waals surface area contributed by atoms with Crippen molar-refractivity contribution in [1.82, 2.24) is 9.88 Å². The molecule has 0 unspecified atom stereocenters. The van der Waals surface area contributed by atoms with Crippen molar-refractivity contribution < 1.29 is 0 Å². The second-order valence-electron chi connectivity index (χ2n) is 5.92. The fraction of sp³-hybridized carbons (Fsp3) is 0.438. The zero-order chi connectivity index (χ0) is 14.3. The van der Waals surface area contributed by atoms with E-state index in [2.05, 4.69) is 40.0 Å². The van der Waals surface area contributed by atoms with Gasteiger partial charge in [-0.1, -0.05) is 12.1 Å². The molecule has 1 aliphatic heterocycles. The normalized spacial score (nSPS) is 14.2. The monoisotopic (exact) mass is 307 g/mol. The van der Waals surface area contributed by atoms with Gasteiger partial charge in [-0.3, -0.25) is 4.79 Å². The van der Waals surface area contributed by atoms with Gasteiger partial charge in [0, 0.05) is 31.1 Å². The predicted octanol–water partition coefficient (Wildman–Crippen LogP) is 2.39. The molecule has 2 heterocycles. The van der Waals surface area contributed by atoms with Crippen LogP contribution in [-0.4, -0.2) is 37.6 Å². The van der Waals surface area contributed by atoms with Crippen molar-refractivity contribution >= 4 is 29.0 Å². The van der Waals surface area contributed by atoms with Gasteiger partial charge in [-0.05, 0) is 38.6 Å². The standard InChI is InChI=1S/C16H21N3O.ClH/c1-18(2)10-11-6-7-12-14(9-11)17-16(20)13-5-4-8-19(3)15(12)13;/h6-7,9H,4-5,8,10H2,1-3H3,(H,17,20);1H. The molecule has 5 heteroatoms. The summed E-state index contributed by atoms with van der Waals surface area (Å²) in [4.78, 5) is 19.7. The van der Waals surface area contributed by atoms with Crippen LogP contribution in [0.2, 0.25) is 0 Å². The van der Waals surface area contributed by atoms with E-state index in [1.165, 1.54) is 5.56 Å². The van der Waals surface area contributed by atoms with Crippen LogP contribution in [0.4, 0.5) is 5.69 Å². The Morgan fingerprint density at radius 1 is 1.33 bits per heavy atom. The maximum atomic E-state index is 12.3. The number of nitrogens with zero attached hydrogens (tertiary/aromatic N) is 2. The fourth-order valence-electron chi connectivity index (χ4n) is 3.11. The van der Waals surface area contributed by atoms with E-state index >= 15 is 0 Å². The summed E-state index contributed by atoms with van der Waals surface area (Å²) in [6.45, 7) is 1.90. The minimum atomic E-state index is 0. The number of H-pyrrole nitrogens is 1. The van der Waals surface area contributed by atoms with Gasteiger partial charge in [-0.2, -0.15) is 0 Å². The smallest absolute Gasteiger partial charge is 0.253 e. The molecule has 21 heavy (non-hydrogen) atoms. The van der Waals surface area contributed by atoms with Gasteiger partial charge in [0.25, 0.3) is 5.56 Å². The number of aromatic nitrogens is 1. The summed E-state index contributed by atoms with van der Waals surface area (Å²) >= 11 is 0. The zero-order valence-electron chi connectivity index (χ0n) is 12.8. The van der Waals surface area contributed by atoms with E-state index in [4.69, 9.17) is 0 Å². The first-order valence-electron chi connectivity index (χ1n) is 7.10. The number of rotatable bonds is 2. The molecule has 0 spiro atoms. The van der Waals surface area contributed by atoms with Gasteiger partial charge in [0.05, 0.1) is 11.2 Å². The molecule has 114 valence electrons. The third kappa shape index (κ3) is 2.92. The summed E-state index contributed by atoms with van der Waals surface area (Å²) in [7, 11) is 6.17. The quantitative estimate of drug-likeness (QED) is 0.926. The molecule has 0 atom stereocenters. The average molecular weight is 308 g/mol. The highest BCUT2D eigenvalue weighted by Crippen LogP contribution is 2.31. The predicted molar refractivity (Wildman–Crippen MR) is 90.8 cm³/mol. The van der Waals surface area contributed by atoms with E-state index in [1.807, 2.05) is 14.1 Å². The highest BCUT2D eigenvalue weighted by Gasteiger charge is 2.20. The SMILES string of the molecule is CN(C)Cc1ccc2c3c(c(=O)[nH]c2c1)CCCN3C.Cl. The molecule has 1 aromatic carbocycles. The van der Waals surface area contributed by atoms with Crippen molar-refractivity contribution in [1.29, 1.82) is 0 Å². The Morgan fingerprint density at radius 2 is 2.10 bits per heavy atom. The summed E-state index contributed by atoms with van der Waals surface area (Å²) in [5.74, 6) is 0. The Labute approximate surface area is 131 Å². The first-order chi connectivity index (χ1) is 9.56. The molecular weight excluding hydrogens is 286 g/mol. The van der Waals surface area contributed by atoms with Crippen LogP contribution in [-0.2, 0) is 13.0 Å². The Morgan fingerprint density at radius 3 is 2.81 bits per heavy atom. The molecule has 0 bridgehead atoms.